The number of hydrogen-bond acceptors (Lipinski definition) is 2. The van der Waals surface area contributed by atoms with E-state index in [0.717, 1.165) is 12.0 Å². The van der Waals surface area contributed by atoms with Crippen LogP contribution in [-0.2, 0) is 0 Å². The molecule has 1 spiro atoms. The van der Waals surface area contributed by atoms with Crippen molar-refractivity contribution in [1.82, 2.24) is 0 Å². The second-order valence-corrected chi connectivity index (χ2v) is 6.01. The first-order valence-corrected chi connectivity index (χ1v) is 6.22. The van der Waals surface area contributed by atoms with Crippen molar-refractivity contribution < 1.29 is 10.2 Å². The van der Waals surface area contributed by atoms with E-state index < -0.39 is 11.2 Å². The zero-order valence-electron chi connectivity index (χ0n) is 11.0. The van der Waals surface area contributed by atoms with E-state index in [4.69, 9.17) is 0 Å². The van der Waals surface area contributed by atoms with Crippen molar-refractivity contribution in [2.24, 2.45) is 5.41 Å². The normalized spacial score (nSPS) is 46.2. The Labute approximate surface area is 103 Å². The Kier molecular flexibility index (Phi) is 2.64. The Hall–Kier alpha value is -0.860. The van der Waals surface area contributed by atoms with E-state index in [0.29, 0.717) is 12.8 Å². The maximum absolute atomic E-state index is 10.4. The fourth-order valence-corrected chi connectivity index (χ4v) is 2.89. The molecule has 0 heterocycles. The van der Waals surface area contributed by atoms with Crippen LogP contribution in [0.15, 0.2) is 36.0 Å². The molecule has 0 fully saturated rings. The first-order chi connectivity index (χ1) is 7.70. The van der Waals surface area contributed by atoms with Gasteiger partial charge in [-0.15, -0.1) is 0 Å². The maximum Gasteiger partial charge on any atom is 0.0872 e. The van der Waals surface area contributed by atoms with Gasteiger partial charge in [0.05, 0.1) is 11.2 Å². The highest BCUT2D eigenvalue weighted by Gasteiger charge is 2.46. The van der Waals surface area contributed by atoms with Crippen LogP contribution >= 0.6 is 0 Å². The zero-order valence-corrected chi connectivity index (χ0v) is 11.0. The Bertz CT molecular complexity index is 413. The van der Waals surface area contributed by atoms with Gasteiger partial charge in [0.25, 0.3) is 0 Å². The lowest BCUT2D eigenvalue weighted by Gasteiger charge is -2.47. The minimum Gasteiger partial charge on any atom is -0.386 e. The molecule has 2 nitrogen and oxygen atoms in total. The molecule has 0 saturated heterocycles. The Morgan fingerprint density at radius 1 is 1.18 bits per heavy atom. The summed E-state index contributed by atoms with van der Waals surface area (Å²) in [6, 6.07) is 0. The van der Waals surface area contributed by atoms with Crippen molar-refractivity contribution in [1.29, 1.82) is 0 Å². The van der Waals surface area contributed by atoms with Gasteiger partial charge >= 0.3 is 0 Å². The summed E-state index contributed by atoms with van der Waals surface area (Å²) in [6.07, 6.45) is 8.11. The standard InChI is InChI=1S/C15H22O2/c1-11-5-6-14(4,17)12(2)15(11)9-7-13(3,16)8-10-15/h5,7,9,16-17H,2,6,8,10H2,1,3-4H3/t13-,14-,15-/m0/s1. The largest absolute Gasteiger partial charge is 0.386 e. The minimum atomic E-state index is -0.840. The van der Waals surface area contributed by atoms with Crippen molar-refractivity contribution in [3.05, 3.63) is 36.0 Å². The monoisotopic (exact) mass is 234 g/mol. The third-order valence-electron chi connectivity index (χ3n) is 4.45. The highest BCUT2D eigenvalue weighted by Crippen LogP contribution is 2.52. The molecule has 2 heteroatoms. The fourth-order valence-electron chi connectivity index (χ4n) is 2.89. The van der Waals surface area contributed by atoms with E-state index in [-0.39, 0.29) is 5.41 Å². The topological polar surface area (TPSA) is 40.5 Å². The molecule has 94 valence electrons. The summed E-state index contributed by atoms with van der Waals surface area (Å²) in [5.41, 5.74) is 0.268. The van der Waals surface area contributed by atoms with Crippen LogP contribution in [0.3, 0.4) is 0 Å². The van der Waals surface area contributed by atoms with Gasteiger partial charge in [-0.3, -0.25) is 0 Å². The predicted molar refractivity (Wildman–Crippen MR) is 69.6 cm³/mol. The molecule has 2 N–H and O–H groups in total. The van der Waals surface area contributed by atoms with Gasteiger partial charge in [-0.2, -0.15) is 0 Å². The molecule has 0 bridgehead atoms. The highest BCUT2D eigenvalue weighted by atomic mass is 16.3. The van der Waals surface area contributed by atoms with Gasteiger partial charge in [-0.25, -0.2) is 0 Å². The van der Waals surface area contributed by atoms with E-state index in [1.165, 1.54) is 5.57 Å². The smallest absolute Gasteiger partial charge is 0.0872 e. The Morgan fingerprint density at radius 2 is 1.82 bits per heavy atom. The van der Waals surface area contributed by atoms with Gasteiger partial charge in [0.2, 0.25) is 0 Å². The van der Waals surface area contributed by atoms with E-state index in [2.05, 4.69) is 19.6 Å². The van der Waals surface area contributed by atoms with Crippen molar-refractivity contribution in [2.45, 2.75) is 51.2 Å². The number of allylic oxidation sites excluding steroid dienone is 2. The van der Waals surface area contributed by atoms with Crippen molar-refractivity contribution >= 4 is 0 Å². The van der Waals surface area contributed by atoms with Crippen LogP contribution in [0.2, 0.25) is 0 Å². The minimum absolute atomic E-state index is 0.260. The van der Waals surface area contributed by atoms with Gasteiger partial charge in [0, 0.05) is 5.41 Å². The van der Waals surface area contributed by atoms with Crippen molar-refractivity contribution in [2.75, 3.05) is 0 Å². The quantitative estimate of drug-likeness (QED) is 0.633. The van der Waals surface area contributed by atoms with Crippen LogP contribution < -0.4 is 0 Å². The SMILES string of the molecule is C=C1[C@]2(C=C[C@](C)(O)CC2)C(C)=CC[C@]1(C)O. The number of rotatable bonds is 0. The molecule has 17 heavy (non-hydrogen) atoms. The number of hydrogen-bond donors (Lipinski definition) is 2. The zero-order chi connectivity index (χ0) is 12.9. The molecule has 0 aliphatic heterocycles. The van der Waals surface area contributed by atoms with Gasteiger partial charge in [0.1, 0.15) is 0 Å². The van der Waals surface area contributed by atoms with Crippen LogP contribution in [0.1, 0.15) is 40.0 Å². The summed E-state index contributed by atoms with van der Waals surface area (Å²) in [5.74, 6) is 0. The molecule has 2 aliphatic carbocycles. The summed E-state index contributed by atoms with van der Waals surface area (Å²) >= 11 is 0. The van der Waals surface area contributed by atoms with Crippen LogP contribution in [0, 0.1) is 5.41 Å². The molecule has 2 rings (SSSR count). The molecular weight excluding hydrogens is 212 g/mol. The first kappa shape index (κ1) is 12.6. The molecule has 0 aromatic heterocycles. The second-order valence-electron chi connectivity index (χ2n) is 6.01. The van der Waals surface area contributed by atoms with Crippen LogP contribution in [0.25, 0.3) is 0 Å². The van der Waals surface area contributed by atoms with E-state index in [1.807, 2.05) is 26.0 Å². The lowest BCUT2D eigenvalue weighted by atomic mass is 9.59. The van der Waals surface area contributed by atoms with Crippen molar-refractivity contribution in [3.8, 4) is 0 Å². The molecule has 0 aromatic carbocycles. The van der Waals surface area contributed by atoms with Crippen molar-refractivity contribution in [3.63, 3.8) is 0 Å². The maximum atomic E-state index is 10.4. The van der Waals surface area contributed by atoms with Crippen LogP contribution in [0.5, 0.6) is 0 Å². The fraction of sp³-hybridized carbons (Fsp3) is 0.600. The molecule has 0 aromatic rings. The third kappa shape index (κ3) is 1.90. The van der Waals surface area contributed by atoms with Gasteiger partial charge in [-0.05, 0) is 45.6 Å². The predicted octanol–water partition coefficient (Wildman–Crippen LogP) is 2.73. The Morgan fingerprint density at radius 3 is 2.35 bits per heavy atom. The molecular formula is C15H22O2. The molecule has 0 saturated carbocycles. The van der Waals surface area contributed by atoms with Gasteiger partial charge in [0.15, 0.2) is 0 Å². The lowest BCUT2D eigenvalue weighted by molar-refractivity contribution is 0.0548. The second kappa shape index (κ2) is 3.56. The van der Waals surface area contributed by atoms with Crippen LogP contribution in [-0.4, -0.2) is 21.4 Å². The molecule has 0 unspecified atom stereocenters. The lowest BCUT2D eigenvalue weighted by Crippen LogP contribution is -2.43. The summed E-state index contributed by atoms with van der Waals surface area (Å²) in [7, 11) is 0. The average Bonchev–Trinajstić information content (AvgIpc) is 2.24. The number of aliphatic hydroxyl groups is 2. The third-order valence-corrected chi connectivity index (χ3v) is 4.45. The Balaban J connectivity index is 2.47. The summed E-state index contributed by atoms with van der Waals surface area (Å²) < 4.78 is 0. The molecule has 0 amide bonds. The highest BCUT2D eigenvalue weighted by molar-refractivity contribution is 5.43. The van der Waals surface area contributed by atoms with Gasteiger partial charge in [-0.1, -0.05) is 30.4 Å². The average molecular weight is 234 g/mol. The van der Waals surface area contributed by atoms with E-state index in [1.54, 1.807) is 0 Å². The van der Waals surface area contributed by atoms with Gasteiger partial charge < -0.3 is 10.2 Å². The van der Waals surface area contributed by atoms with E-state index in [9.17, 15) is 10.2 Å². The molecule has 0 radical (unpaired) electrons. The molecule has 3 atom stereocenters. The molecule has 2 aliphatic rings. The summed E-state index contributed by atoms with van der Waals surface area (Å²) in [5, 5.41) is 20.4. The first-order valence-electron chi connectivity index (χ1n) is 6.22. The summed E-state index contributed by atoms with van der Waals surface area (Å²) in [6.45, 7) is 9.85. The van der Waals surface area contributed by atoms with E-state index >= 15 is 0 Å². The summed E-state index contributed by atoms with van der Waals surface area (Å²) in [4.78, 5) is 0. The van der Waals surface area contributed by atoms with Crippen LogP contribution in [0.4, 0.5) is 0 Å².